The van der Waals surface area contributed by atoms with E-state index in [0.29, 0.717) is 41.7 Å². The van der Waals surface area contributed by atoms with Crippen molar-refractivity contribution in [2.24, 2.45) is 5.73 Å². The molecule has 2 aliphatic rings. The molecule has 0 aromatic heterocycles. The number of phenols is 1. The summed E-state index contributed by atoms with van der Waals surface area (Å²) in [5.41, 5.74) is 6.58. The Bertz CT molecular complexity index is 486. The molecule has 0 amide bonds. The lowest BCUT2D eigenvalue weighted by Gasteiger charge is -2.17. The third kappa shape index (κ3) is 2.10. The second-order valence-electron chi connectivity index (χ2n) is 5.10. The quantitative estimate of drug-likeness (QED) is 0.864. The average Bonchev–Trinajstić information content (AvgIpc) is 3.09. The lowest BCUT2D eigenvalue weighted by molar-refractivity contribution is 0.295. The van der Waals surface area contributed by atoms with Gasteiger partial charge in [0.1, 0.15) is 5.75 Å². The molecular weight excluding hydrogens is 254 g/mol. The first kappa shape index (κ1) is 11.9. The molecule has 1 heterocycles. The molecule has 0 atom stereocenters. The smallest absolute Gasteiger partial charge is 0.168 e. The summed E-state index contributed by atoms with van der Waals surface area (Å²) in [6.45, 7) is 1.18. The summed E-state index contributed by atoms with van der Waals surface area (Å²) in [7, 11) is 0. The number of nitrogens with two attached hydrogens (primary N) is 1. The molecule has 18 heavy (non-hydrogen) atoms. The summed E-state index contributed by atoms with van der Waals surface area (Å²) in [5, 5.41) is 10.4. The van der Waals surface area contributed by atoms with Crippen molar-refractivity contribution >= 4 is 11.6 Å². The molecule has 1 aromatic carbocycles. The van der Waals surface area contributed by atoms with Crippen molar-refractivity contribution in [3.8, 4) is 17.2 Å². The van der Waals surface area contributed by atoms with Gasteiger partial charge in [0.2, 0.25) is 0 Å². The second kappa shape index (κ2) is 4.21. The first-order chi connectivity index (χ1) is 8.59. The number of ether oxygens (including phenoxy) is 2. The molecule has 98 valence electrons. The lowest BCUT2D eigenvalue weighted by atomic mass is 10.0. The highest BCUT2D eigenvalue weighted by Gasteiger charge is 2.40. The summed E-state index contributed by atoms with van der Waals surface area (Å²) in [6, 6.07) is 1.61. The first-order valence-electron chi connectivity index (χ1n) is 6.18. The summed E-state index contributed by atoms with van der Waals surface area (Å²) in [4.78, 5) is 0. The Balaban J connectivity index is 2.05. The van der Waals surface area contributed by atoms with Crippen LogP contribution in [0.2, 0.25) is 5.02 Å². The summed E-state index contributed by atoms with van der Waals surface area (Å²) < 4.78 is 11.3. The third-order valence-corrected chi connectivity index (χ3v) is 3.77. The van der Waals surface area contributed by atoms with Crippen LogP contribution in [-0.4, -0.2) is 23.9 Å². The standard InChI is InChI=1S/C13H16ClNO3/c14-9-6-10-12(18-5-1-4-17-10)8(11(9)16)7-13(15)2-3-13/h6,16H,1-5,7,15H2. The van der Waals surface area contributed by atoms with Crippen LogP contribution in [0.5, 0.6) is 17.2 Å². The van der Waals surface area contributed by atoms with E-state index in [1.54, 1.807) is 6.07 Å². The van der Waals surface area contributed by atoms with Crippen LogP contribution >= 0.6 is 11.6 Å². The Morgan fingerprint density at radius 3 is 2.78 bits per heavy atom. The molecule has 0 saturated heterocycles. The van der Waals surface area contributed by atoms with Crippen molar-refractivity contribution in [1.29, 1.82) is 0 Å². The number of aromatic hydroxyl groups is 1. The number of rotatable bonds is 2. The average molecular weight is 270 g/mol. The maximum Gasteiger partial charge on any atom is 0.168 e. The van der Waals surface area contributed by atoms with Gasteiger partial charge in [0.15, 0.2) is 11.5 Å². The van der Waals surface area contributed by atoms with Crippen molar-refractivity contribution in [3.63, 3.8) is 0 Å². The Kier molecular flexibility index (Phi) is 2.79. The SMILES string of the molecule is NC1(Cc2c(O)c(Cl)cc3c2OCCCO3)CC1. The van der Waals surface area contributed by atoms with Crippen molar-refractivity contribution in [3.05, 3.63) is 16.7 Å². The Hall–Kier alpha value is -1.13. The van der Waals surface area contributed by atoms with E-state index in [-0.39, 0.29) is 11.3 Å². The fourth-order valence-corrected chi connectivity index (χ4v) is 2.40. The van der Waals surface area contributed by atoms with Crippen LogP contribution < -0.4 is 15.2 Å². The van der Waals surface area contributed by atoms with Gasteiger partial charge >= 0.3 is 0 Å². The molecule has 0 radical (unpaired) electrons. The van der Waals surface area contributed by atoms with Crippen molar-refractivity contribution in [1.82, 2.24) is 0 Å². The predicted octanol–water partition coefficient (Wildman–Crippen LogP) is 2.24. The third-order valence-electron chi connectivity index (χ3n) is 3.48. The molecule has 0 bridgehead atoms. The number of halogens is 1. The molecule has 1 aliphatic carbocycles. The highest BCUT2D eigenvalue weighted by atomic mass is 35.5. The van der Waals surface area contributed by atoms with Crippen LogP contribution in [0.4, 0.5) is 0 Å². The van der Waals surface area contributed by atoms with Gasteiger partial charge in [0, 0.05) is 23.6 Å². The minimum absolute atomic E-state index is 0.0673. The van der Waals surface area contributed by atoms with Crippen molar-refractivity contribution < 1.29 is 14.6 Å². The Morgan fingerprint density at radius 2 is 2.06 bits per heavy atom. The van der Waals surface area contributed by atoms with Gasteiger partial charge < -0.3 is 20.3 Å². The van der Waals surface area contributed by atoms with E-state index in [0.717, 1.165) is 19.3 Å². The molecule has 1 aliphatic heterocycles. The number of benzene rings is 1. The minimum atomic E-state index is -0.217. The molecule has 0 spiro atoms. The largest absolute Gasteiger partial charge is 0.506 e. The van der Waals surface area contributed by atoms with Crippen LogP contribution in [-0.2, 0) is 6.42 Å². The fourth-order valence-electron chi connectivity index (χ4n) is 2.18. The molecular formula is C13H16ClNO3. The van der Waals surface area contributed by atoms with Gasteiger partial charge in [-0.1, -0.05) is 11.6 Å². The molecule has 1 aromatic rings. The highest BCUT2D eigenvalue weighted by Crippen LogP contribution is 2.47. The second-order valence-corrected chi connectivity index (χ2v) is 5.51. The first-order valence-corrected chi connectivity index (χ1v) is 6.56. The highest BCUT2D eigenvalue weighted by molar-refractivity contribution is 6.32. The molecule has 0 unspecified atom stereocenters. The van der Waals surface area contributed by atoms with Crippen LogP contribution in [0.15, 0.2) is 6.07 Å². The van der Waals surface area contributed by atoms with Gasteiger partial charge in [-0.05, 0) is 19.3 Å². The summed E-state index contributed by atoms with van der Waals surface area (Å²) in [5.74, 6) is 1.28. The van der Waals surface area contributed by atoms with Crippen LogP contribution in [0, 0.1) is 0 Å². The number of hydrogen-bond donors (Lipinski definition) is 2. The Labute approximate surface area is 111 Å². The van der Waals surface area contributed by atoms with Gasteiger partial charge in [-0.15, -0.1) is 0 Å². The van der Waals surface area contributed by atoms with Crippen LogP contribution in [0.3, 0.4) is 0 Å². The lowest BCUT2D eigenvalue weighted by Crippen LogP contribution is -2.25. The van der Waals surface area contributed by atoms with Crippen LogP contribution in [0.1, 0.15) is 24.8 Å². The molecule has 3 rings (SSSR count). The minimum Gasteiger partial charge on any atom is -0.506 e. The number of phenolic OH excluding ortho intramolecular Hbond substituents is 1. The zero-order valence-electron chi connectivity index (χ0n) is 10.0. The zero-order valence-corrected chi connectivity index (χ0v) is 10.8. The molecule has 3 N–H and O–H groups in total. The van der Waals surface area contributed by atoms with E-state index < -0.39 is 0 Å². The van der Waals surface area contributed by atoms with Gasteiger partial charge in [0.25, 0.3) is 0 Å². The molecule has 5 heteroatoms. The molecule has 4 nitrogen and oxygen atoms in total. The summed E-state index contributed by atoms with van der Waals surface area (Å²) >= 11 is 6.03. The van der Waals surface area contributed by atoms with Gasteiger partial charge in [-0.25, -0.2) is 0 Å². The van der Waals surface area contributed by atoms with Crippen molar-refractivity contribution in [2.75, 3.05) is 13.2 Å². The Morgan fingerprint density at radius 1 is 1.33 bits per heavy atom. The predicted molar refractivity (Wildman–Crippen MR) is 68.6 cm³/mol. The van der Waals surface area contributed by atoms with E-state index in [1.807, 2.05) is 0 Å². The van der Waals surface area contributed by atoms with E-state index >= 15 is 0 Å². The monoisotopic (exact) mass is 269 g/mol. The number of hydrogen-bond acceptors (Lipinski definition) is 4. The maximum atomic E-state index is 10.1. The maximum absolute atomic E-state index is 10.1. The van der Waals surface area contributed by atoms with E-state index in [9.17, 15) is 5.11 Å². The van der Waals surface area contributed by atoms with Gasteiger partial charge in [0.05, 0.1) is 18.2 Å². The normalized spacial score (nSPS) is 20.3. The molecule has 1 fully saturated rings. The molecule has 1 saturated carbocycles. The number of fused-ring (bicyclic) bond motifs is 1. The van der Waals surface area contributed by atoms with Gasteiger partial charge in [-0.3, -0.25) is 0 Å². The van der Waals surface area contributed by atoms with Crippen LogP contribution in [0.25, 0.3) is 0 Å². The van der Waals surface area contributed by atoms with E-state index in [4.69, 9.17) is 26.8 Å². The van der Waals surface area contributed by atoms with E-state index in [2.05, 4.69) is 0 Å². The zero-order chi connectivity index (χ0) is 12.8. The van der Waals surface area contributed by atoms with Crippen molar-refractivity contribution in [2.45, 2.75) is 31.2 Å². The summed E-state index contributed by atoms with van der Waals surface area (Å²) in [6.07, 6.45) is 3.33. The van der Waals surface area contributed by atoms with E-state index in [1.165, 1.54) is 0 Å². The van der Waals surface area contributed by atoms with Gasteiger partial charge in [-0.2, -0.15) is 0 Å². The fraction of sp³-hybridized carbons (Fsp3) is 0.538. The topological polar surface area (TPSA) is 64.7 Å².